The molecule has 0 saturated carbocycles. The fourth-order valence-electron chi connectivity index (χ4n) is 1.73. The second-order valence-corrected chi connectivity index (χ2v) is 4.88. The van der Waals surface area contributed by atoms with Crippen LogP contribution in [0.2, 0.25) is 0 Å². The normalized spacial score (nSPS) is 13.2. The minimum atomic E-state index is -1.11. The van der Waals surface area contributed by atoms with Gasteiger partial charge in [0, 0.05) is 6.08 Å². The van der Waals surface area contributed by atoms with Gasteiger partial charge >= 0.3 is 17.9 Å². The van der Waals surface area contributed by atoms with Crippen molar-refractivity contribution in [3.63, 3.8) is 0 Å². The van der Waals surface area contributed by atoms with Crippen LogP contribution in [0.4, 0.5) is 0 Å². The zero-order chi connectivity index (χ0) is 17.1. The number of hydrogen-bond acceptors (Lipinski definition) is 7. The summed E-state index contributed by atoms with van der Waals surface area (Å²) in [5.41, 5.74) is 0. The fraction of sp³-hybridized carbons (Fsp3) is 0.706. The van der Waals surface area contributed by atoms with Gasteiger partial charge < -0.3 is 19.3 Å². The van der Waals surface area contributed by atoms with Crippen molar-refractivity contribution < 1.29 is 33.7 Å². The number of carbonyl (C=O) groups is 3. The van der Waals surface area contributed by atoms with E-state index < -0.39 is 24.0 Å². The maximum atomic E-state index is 11.8. The molecule has 3 atom stereocenters. The van der Waals surface area contributed by atoms with E-state index >= 15 is 0 Å². The Morgan fingerprint density at radius 2 is 1.67 bits per heavy atom. The molecule has 1 N–H and O–H groups in total. The molecule has 0 rings (SSSR count). The molecular formula is C17H32O7. The van der Waals surface area contributed by atoms with Gasteiger partial charge in [0.25, 0.3) is 0 Å². The number of carbonyl (C=O) groups excluding carboxylic acids is 3. The van der Waals surface area contributed by atoms with Crippen molar-refractivity contribution in [2.45, 2.75) is 47.6 Å². The van der Waals surface area contributed by atoms with E-state index in [-0.39, 0.29) is 40.0 Å². The Hall–Kier alpha value is -1.89. The smallest absolute Gasteiger partial charge is 0.330 e. The van der Waals surface area contributed by atoms with Crippen LogP contribution >= 0.6 is 0 Å². The maximum Gasteiger partial charge on any atom is 0.330 e. The second kappa shape index (κ2) is 14.7. The molecule has 7 nitrogen and oxygen atoms in total. The zero-order valence-corrected chi connectivity index (χ0v) is 13.2. The molecular weight excluding hydrogens is 316 g/mol. The van der Waals surface area contributed by atoms with Crippen LogP contribution in [0.3, 0.4) is 0 Å². The van der Waals surface area contributed by atoms with Crippen LogP contribution in [0.1, 0.15) is 41.5 Å². The third-order valence-corrected chi connectivity index (χ3v) is 3.07. The van der Waals surface area contributed by atoms with Crippen LogP contribution in [-0.4, -0.2) is 49.4 Å². The van der Waals surface area contributed by atoms with Gasteiger partial charge in [0.2, 0.25) is 0 Å². The largest absolute Gasteiger partial charge is 0.469 e. The molecule has 0 bridgehead atoms. The zero-order valence-electron chi connectivity index (χ0n) is 13.2. The Morgan fingerprint density at radius 1 is 1.12 bits per heavy atom. The predicted molar refractivity (Wildman–Crippen MR) is 91.2 cm³/mol. The summed E-state index contributed by atoms with van der Waals surface area (Å²) in [4.78, 5) is 34.1. The first-order chi connectivity index (χ1) is 10.3. The monoisotopic (exact) mass is 348 g/mol. The number of ether oxygens (including phenoxy) is 3. The van der Waals surface area contributed by atoms with Crippen LogP contribution in [0.25, 0.3) is 0 Å². The molecule has 0 aromatic rings. The van der Waals surface area contributed by atoms with Gasteiger partial charge in [-0.2, -0.15) is 0 Å². The van der Waals surface area contributed by atoms with E-state index in [2.05, 4.69) is 16.1 Å². The van der Waals surface area contributed by atoms with Crippen molar-refractivity contribution in [2.24, 2.45) is 11.8 Å². The number of aliphatic hydroxyl groups excluding tert-OH is 1. The maximum absolute atomic E-state index is 11.8. The SMILES string of the molecule is C.C.C=CC(=O)OCC(O)COC(=O)C(C)CC(CC)C(=O)OC. The first kappa shape index (κ1) is 27.0. The van der Waals surface area contributed by atoms with E-state index in [0.717, 1.165) is 6.08 Å². The summed E-state index contributed by atoms with van der Waals surface area (Å²) in [6.07, 6.45) is 0.731. The van der Waals surface area contributed by atoms with Crippen molar-refractivity contribution in [1.29, 1.82) is 0 Å². The van der Waals surface area contributed by atoms with Crippen molar-refractivity contribution >= 4 is 17.9 Å². The lowest BCUT2D eigenvalue weighted by atomic mass is 9.94. The molecule has 0 saturated heterocycles. The van der Waals surface area contributed by atoms with Crippen LogP contribution in [0, 0.1) is 11.8 Å². The Labute approximate surface area is 145 Å². The molecule has 0 spiro atoms. The Balaban J connectivity index is -0.00000220. The molecule has 0 radical (unpaired) electrons. The highest BCUT2D eigenvalue weighted by Gasteiger charge is 2.25. The van der Waals surface area contributed by atoms with Crippen LogP contribution in [-0.2, 0) is 28.6 Å². The lowest BCUT2D eigenvalue weighted by Crippen LogP contribution is -2.28. The summed E-state index contributed by atoms with van der Waals surface area (Å²) in [7, 11) is 1.30. The van der Waals surface area contributed by atoms with Gasteiger partial charge in [-0.15, -0.1) is 0 Å². The lowest BCUT2D eigenvalue weighted by molar-refractivity contribution is -0.155. The molecule has 0 fully saturated rings. The standard InChI is InChI=1S/C15H24O7.2CH4/c1-5-11(15(19)20-4)7-10(3)14(18)22-9-12(16)8-21-13(17)6-2;;/h6,10-12,16H,2,5,7-9H2,1,3-4H3;2*1H4. The van der Waals surface area contributed by atoms with Gasteiger partial charge in [-0.25, -0.2) is 4.79 Å². The highest BCUT2D eigenvalue weighted by atomic mass is 16.6. The lowest BCUT2D eigenvalue weighted by Gasteiger charge is -2.18. The third kappa shape index (κ3) is 10.8. The van der Waals surface area contributed by atoms with Crippen molar-refractivity contribution in [3.8, 4) is 0 Å². The van der Waals surface area contributed by atoms with E-state index in [9.17, 15) is 19.5 Å². The average molecular weight is 348 g/mol. The molecule has 0 aromatic heterocycles. The number of methoxy groups -OCH3 is 1. The molecule has 0 heterocycles. The van der Waals surface area contributed by atoms with Gasteiger partial charge in [-0.1, -0.05) is 35.3 Å². The summed E-state index contributed by atoms with van der Waals surface area (Å²) in [6, 6.07) is 0. The first-order valence-corrected chi connectivity index (χ1v) is 7.07. The minimum absolute atomic E-state index is 0. The van der Waals surface area contributed by atoms with Gasteiger partial charge in [0.05, 0.1) is 18.9 Å². The molecule has 24 heavy (non-hydrogen) atoms. The first-order valence-electron chi connectivity index (χ1n) is 7.07. The molecule has 0 aliphatic heterocycles. The number of aliphatic hydroxyl groups is 1. The summed E-state index contributed by atoms with van der Waals surface area (Å²) in [6.45, 7) is 6.11. The molecule has 0 aromatic carbocycles. The van der Waals surface area contributed by atoms with Gasteiger partial charge in [-0.05, 0) is 12.8 Å². The van der Waals surface area contributed by atoms with E-state index in [1.165, 1.54) is 7.11 Å². The predicted octanol–water partition coefficient (Wildman–Crippen LogP) is 2.12. The highest BCUT2D eigenvalue weighted by molar-refractivity contribution is 5.81. The highest BCUT2D eigenvalue weighted by Crippen LogP contribution is 2.18. The summed E-state index contributed by atoms with van der Waals surface area (Å²) in [5, 5.41) is 9.52. The van der Waals surface area contributed by atoms with Gasteiger partial charge in [0.1, 0.15) is 19.3 Å². The van der Waals surface area contributed by atoms with Crippen molar-refractivity contribution in [1.82, 2.24) is 0 Å². The molecule has 142 valence electrons. The Bertz CT molecular complexity index is 392. The van der Waals surface area contributed by atoms with E-state index in [0.29, 0.717) is 12.8 Å². The topological polar surface area (TPSA) is 99.1 Å². The van der Waals surface area contributed by atoms with E-state index in [4.69, 9.17) is 4.74 Å². The third-order valence-electron chi connectivity index (χ3n) is 3.07. The van der Waals surface area contributed by atoms with Gasteiger partial charge in [0.15, 0.2) is 0 Å². The quantitative estimate of drug-likeness (QED) is 0.367. The van der Waals surface area contributed by atoms with Crippen molar-refractivity contribution in [2.75, 3.05) is 20.3 Å². The van der Waals surface area contributed by atoms with E-state index in [1.54, 1.807) is 6.92 Å². The molecule has 3 unspecified atom stereocenters. The number of hydrogen-bond donors (Lipinski definition) is 1. The summed E-state index contributed by atoms with van der Waals surface area (Å²) in [5.74, 6) is -2.43. The van der Waals surface area contributed by atoms with Crippen LogP contribution < -0.4 is 0 Å². The Morgan fingerprint density at radius 3 is 2.12 bits per heavy atom. The van der Waals surface area contributed by atoms with E-state index in [1.807, 2.05) is 6.92 Å². The molecule has 0 amide bonds. The van der Waals surface area contributed by atoms with Gasteiger partial charge in [-0.3, -0.25) is 9.59 Å². The fourth-order valence-corrected chi connectivity index (χ4v) is 1.73. The summed E-state index contributed by atoms with van der Waals surface area (Å²) < 4.78 is 14.2. The molecule has 7 heteroatoms. The number of esters is 3. The molecule has 0 aliphatic rings. The number of rotatable bonds is 10. The molecule has 0 aliphatic carbocycles. The average Bonchev–Trinajstić information content (AvgIpc) is 2.53. The van der Waals surface area contributed by atoms with Crippen LogP contribution in [0.5, 0.6) is 0 Å². The minimum Gasteiger partial charge on any atom is -0.469 e. The van der Waals surface area contributed by atoms with Crippen molar-refractivity contribution in [3.05, 3.63) is 12.7 Å². The second-order valence-electron chi connectivity index (χ2n) is 4.88. The van der Waals surface area contributed by atoms with Crippen LogP contribution in [0.15, 0.2) is 12.7 Å². The Kier molecular flexibility index (Phi) is 16.5. The summed E-state index contributed by atoms with van der Waals surface area (Å²) >= 11 is 0.